The molecule has 3 nitrogen and oxygen atoms in total. The van der Waals surface area contributed by atoms with Gasteiger partial charge in [0, 0.05) is 11.6 Å². The molecule has 1 heterocycles. The molecule has 0 aliphatic carbocycles. The number of rotatable bonds is 5. The minimum absolute atomic E-state index is 0.447. The first-order chi connectivity index (χ1) is 10.6. The van der Waals surface area contributed by atoms with E-state index >= 15 is 0 Å². The third-order valence-corrected chi connectivity index (χ3v) is 3.68. The molecule has 2 aromatic carbocycles. The van der Waals surface area contributed by atoms with Crippen LogP contribution in [-0.4, -0.2) is 9.55 Å². The number of ether oxygens (including phenoxy) is 1. The van der Waals surface area contributed by atoms with E-state index in [9.17, 15) is 0 Å². The smallest absolute Gasteiger partial charge is 0.148 e. The van der Waals surface area contributed by atoms with Crippen molar-refractivity contribution in [3.8, 4) is 5.75 Å². The molecule has 3 aromatic rings. The summed E-state index contributed by atoms with van der Waals surface area (Å²) in [6.45, 7) is 5.73. The molecule has 0 aliphatic heterocycles. The van der Waals surface area contributed by atoms with Gasteiger partial charge < -0.3 is 9.30 Å². The zero-order valence-electron chi connectivity index (χ0n) is 12.8. The first-order valence-corrected chi connectivity index (χ1v) is 7.84. The first kappa shape index (κ1) is 14.9. The molecule has 0 saturated heterocycles. The SMILES string of the molecule is CC(C)Cn1c(COc2ccccc2)nc2ccc(Cl)cc21. The Morgan fingerprint density at radius 3 is 2.64 bits per heavy atom. The highest BCUT2D eigenvalue weighted by molar-refractivity contribution is 6.31. The van der Waals surface area contributed by atoms with Gasteiger partial charge in [0.2, 0.25) is 0 Å². The summed E-state index contributed by atoms with van der Waals surface area (Å²) in [5.74, 6) is 2.30. The van der Waals surface area contributed by atoms with Gasteiger partial charge in [-0.1, -0.05) is 43.6 Å². The number of halogens is 1. The Morgan fingerprint density at radius 1 is 1.14 bits per heavy atom. The van der Waals surface area contributed by atoms with Gasteiger partial charge in [-0.15, -0.1) is 0 Å². The van der Waals surface area contributed by atoms with Gasteiger partial charge in [0.15, 0.2) is 0 Å². The topological polar surface area (TPSA) is 27.1 Å². The van der Waals surface area contributed by atoms with Gasteiger partial charge in [0.25, 0.3) is 0 Å². The molecule has 0 radical (unpaired) electrons. The summed E-state index contributed by atoms with van der Waals surface area (Å²) in [4.78, 5) is 4.70. The maximum atomic E-state index is 6.14. The summed E-state index contributed by atoms with van der Waals surface area (Å²) in [6.07, 6.45) is 0. The highest BCUT2D eigenvalue weighted by Crippen LogP contribution is 2.23. The number of hydrogen-bond acceptors (Lipinski definition) is 2. The Kier molecular flexibility index (Phi) is 4.34. The summed E-state index contributed by atoms with van der Waals surface area (Å²) in [7, 11) is 0. The van der Waals surface area contributed by atoms with Gasteiger partial charge in [-0.25, -0.2) is 4.98 Å². The molecule has 0 N–H and O–H groups in total. The Labute approximate surface area is 135 Å². The van der Waals surface area contributed by atoms with Crippen LogP contribution >= 0.6 is 11.6 Å². The molecule has 0 amide bonds. The fourth-order valence-electron chi connectivity index (χ4n) is 2.49. The van der Waals surface area contributed by atoms with E-state index in [1.165, 1.54) is 0 Å². The molecule has 22 heavy (non-hydrogen) atoms. The second-order valence-electron chi connectivity index (χ2n) is 5.77. The number of fused-ring (bicyclic) bond motifs is 1. The van der Waals surface area contributed by atoms with Crippen molar-refractivity contribution in [2.24, 2.45) is 5.92 Å². The molecule has 1 aromatic heterocycles. The van der Waals surface area contributed by atoms with E-state index < -0.39 is 0 Å². The summed E-state index contributed by atoms with van der Waals surface area (Å²) < 4.78 is 8.06. The Morgan fingerprint density at radius 2 is 1.91 bits per heavy atom. The van der Waals surface area contributed by atoms with Crippen molar-refractivity contribution in [3.63, 3.8) is 0 Å². The van der Waals surface area contributed by atoms with Crippen LogP contribution in [0.2, 0.25) is 5.02 Å². The summed E-state index contributed by atoms with van der Waals surface area (Å²) in [5.41, 5.74) is 2.02. The number of hydrogen-bond donors (Lipinski definition) is 0. The zero-order chi connectivity index (χ0) is 15.5. The van der Waals surface area contributed by atoms with Crippen LogP contribution < -0.4 is 4.74 Å². The first-order valence-electron chi connectivity index (χ1n) is 7.46. The molecule has 0 fully saturated rings. The molecule has 0 bridgehead atoms. The summed E-state index contributed by atoms with van der Waals surface area (Å²) >= 11 is 6.14. The molecule has 3 rings (SSSR count). The Balaban J connectivity index is 1.93. The minimum Gasteiger partial charge on any atom is -0.486 e. The van der Waals surface area contributed by atoms with Crippen molar-refractivity contribution < 1.29 is 4.74 Å². The quantitative estimate of drug-likeness (QED) is 0.668. The largest absolute Gasteiger partial charge is 0.486 e. The van der Waals surface area contributed by atoms with E-state index in [-0.39, 0.29) is 0 Å². The lowest BCUT2D eigenvalue weighted by Crippen LogP contribution is -2.11. The highest BCUT2D eigenvalue weighted by Gasteiger charge is 2.13. The van der Waals surface area contributed by atoms with E-state index in [0.29, 0.717) is 12.5 Å². The average molecular weight is 315 g/mol. The molecule has 0 spiro atoms. The lowest BCUT2D eigenvalue weighted by atomic mass is 10.2. The van der Waals surface area contributed by atoms with Crippen LogP contribution in [0, 0.1) is 5.92 Å². The number of aromatic nitrogens is 2. The van der Waals surface area contributed by atoms with E-state index in [4.69, 9.17) is 21.3 Å². The van der Waals surface area contributed by atoms with E-state index in [1.54, 1.807) is 0 Å². The number of para-hydroxylation sites is 1. The van der Waals surface area contributed by atoms with Crippen molar-refractivity contribution in [1.29, 1.82) is 0 Å². The van der Waals surface area contributed by atoms with Gasteiger partial charge in [0.05, 0.1) is 11.0 Å². The average Bonchev–Trinajstić information content (AvgIpc) is 2.83. The predicted octanol–water partition coefficient (Wildman–Crippen LogP) is 4.92. The lowest BCUT2D eigenvalue weighted by Gasteiger charge is -2.12. The van der Waals surface area contributed by atoms with Crippen LogP contribution in [0.25, 0.3) is 11.0 Å². The molecule has 0 unspecified atom stereocenters. The van der Waals surface area contributed by atoms with Crippen LogP contribution in [-0.2, 0) is 13.2 Å². The van der Waals surface area contributed by atoms with Crippen LogP contribution in [0.4, 0.5) is 0 Å². The van der Waals surface area contributed by atoms with Gasteiger partial charge in [0.1, 0.15) is 18.2 Å². The van der Waals surface area contributed by atoms with Crippen LogP contribution in [0.5, 0.6) is 5.75 Å². The molecular weight excluding hydrogens is 296 g/mol. The van der Waals surface area contributed by atoms with Crippen molar-refractivity contribution in [2.75, 3.05) is 0 Å². The normalized spacial score (nSPS) is 11.3. The van der Waals surface area contributed by atoms with Crippen molar-refractivity contribution >= 4 is 22.6 Å². The number of nitrogens with zero attached hydrogens (tertiary/aromatic N) is 2. The zero-order valence-corrected chi connectivity index (χ0v) is 13.5. The van der Waals surface area contributed by atoms with E-state index in [1.807, 2.05) is 48.5 Å². The molecule has 0 aliphatic rings. The van der Waals surface area contributed by atoms with Crippen molar-refractivity contribution in [1.82, 2.24) is 9.55 Å². The fraction of sp³-hybridized carbons (Fsp3) is 0.278. The standard InChI is InChI=1S/C18H19ClN2O/c1-13(2)11-21-17-10-14(19)8-9-16(17)20-18(21)12-22-15-6-4-3-5-7-15/h3-10,13H,11-12H2,1-2H3. The third kappa shape index (κ3) is 3.25. The lowest BCUT2D eigenvalue weighted by molar-refractivity contribution is 0.287. The van der Waals surface area contributed by atoms with Crippen LogP contribution in [0.3, 0.4) is 0 Å². The highest BCUT2D eigenvalue weighted by atomic mass is 35.5. The Bertz CT molecular complexity index is 765. The summed E-state index contributed by atoms with van der Waals surface area (Å²) in [6, 6.07) is 15.6. The monoisotopic (exact) mass is 314 g/mol. The van der Waals surface area contributed by atoms with Gasteiger partial charge in [-0.3, -0.25) is 0 Å². The van der Waals surface area contributed by atoms with E-state index in [2.05, 4.69) is 18.4 Å². The van der Waals surface area contributed by atoms with Crippen molar-refractivity contribution in [3.05, 3.63) is 59.4 Å². The van der Waals surface area contributed by atoms with Crippen molar-refractivity contribution in [2.45, 2.75) is 27.0 Å². The van der Waals surface area contributed by atoms with Gasteiger partial charge in [-0.2, -0.15) is 0 Å². The number of imidazole rings is 1. The number of benzene rings is 2. The fourth-order valence-corrected chi connectivity index (χ4v) is 2.66. The summed E-state index contributed by atoms with van der Waals surface area (Å²) in [5, 5.41) is 0.730. The molecular formula is C18H19ClN2O. The molecule has 0 saturated carbocycles. The van der Waals surface area contributed by atoms with Gasteiger partial charge >= 0.3 is 0 Å². The predicted molar refractivity (Wildman–Crippen MR) is 90.4 cm³/mol. The third-order valence-electron chi connectivity index (χ3n) is 3.45. The van der Waals surface area contributed by atoms with Crippen LogP contribution in [0.15, 0.2) is 48.5 Å². The second kappa shape index (κ2) is 6.41. The maximum Gasteiger partial charge on any atom is 0.148 e. The molecule has 0 atom stereocenters. The van der Waals surface area contributed by atoms with Gasteiger partial charge in [-0.05, 0) is 36.2 Å². The van der Waals surface area contributed by atoms with E-state index in [0.717, 1.165) is 34.2 Å². The molecule has 114 valence electrons. The minimum atomic E-state index is 0.447. The maximum absolute atomic E-state index is 6.14. The molecule has 4 heteroatoms. The van der Waals surface area contributed by atoms with Crippen LogP contribution in [0.1, 0.15) is 19.7 Å². The second-order valence-corrected chi connectivity index (χ2v) is 6.20. The Hall–Kier alpha value is -2.00.